The van der Waals surface area contributed by atoms with Crippen LogP contribution in [0.2, 0.25) is 0 Å². The van der Waals surface area contributed by atoms with E-state index in [1.165, 1.54) is 12.8 Å². The summed E-state index contributed by atoms with van der Waals surface area (Å²) in [4.78, 5) is 4.36. The van der Waals surface area contributed by atoms with Crippen molar-refractivity contribution in [1.29, 1.82) is 0 Å². The Hall–Kier alpha value is -0.890. The Morgan fingerprint density at radius 1 is 1.27 bits per heavy atom. The van der Waals surface area contributed by atoms with E-state index >= 15 is 0 Å². The van der Waals surface area contributed by atoms with Crippen molar-refractivity contribution in [1.82, 2.24) is 4.98 Å². The van der Waals surface area contributed by atoms with Gasteiger partial charge in [-0.3, -0.25) is 4.98 Å². The van der Waals surface area contributed by atoms with Gasteiger partial charge in [0.15, 0.2) is 0 Å². The van der Waals surface area contributed by atoms with Crippen molar-refractivity contribution in [3.05, 3.63) is 30.1 Å². The molecule has 1 atom stereocenters. The SMILES string of the molecule is CCCCC(OCCC)c1ccccn1. The average molecular weight is 207 g/mol. The molecule has 0 amide bonds. The zero-order valence-corrected chi connectivity index (χ0v) is 9.78. The number of aromatic nitrogens is 1. The molecular weight excluding hydrogens is 186 g/mol. The smallest absolute Gasteiger partial charge is 0.0994 e. The topological polar surface area (TPSA) is 22.1 Å². The molecule has 0 aliphatic rings. The van der Waals surface area contributed by atoms with Crippen molar-refractivity contribution in [2.45, 2.75) is 45.6 Å². The maximum absolute atomic E-state index is 5.82. The monoisotopic (exact) mass is 207 g/mol. The lowest BCUT2D eigenvalue weighted by molar-refractivity contribution is 0.0426. The first-order valence-electron chi connectivity index (χ1n) is 5.91. The molecule has 1 aromatic heterocycles. The summed E-state index contributed by atoms with van der Waals surface area (Å²) in [5.41, 5.74) is 1.07. The van der Waals surface area contributed by atoms with Crippen LogP contribution in [0.25, 0.3) is 0 Å². The van der Waals surface area contributed by atoms with Gasteiger partial charge in [0.1, 0.15) is 0 Å². The third-order valence-electron chi connectivity index (χ3n) is 2.36. The molecule has 0 aliphatic carbocycles. The number of pyridine rings is 1. The summed E-state index contributed by atoms with van der Waals surface area (Å²) in [6.45, 7) is 5.16. The maximum atomic E-state index is 5.82. The van der Waals surface area contributed by atoms with Crippen LogP contribution in [0.4, 0.5) is 0 Å². The minimum atomic E-state index is 0.186. The van der Waals surface area contributed by atoms with E-state index in [1.807, 2.05) is 18.3 Å². The van der Waals surface area contributed by atoms with Crippen molar-refractivity contribution in [2.75, 3.05) is 6.61 Å². The Balaban J connectivity index is 2.55. The van der Waals surface area contributed by atoms with E-state index in [1.54, 1.807) is 0 Å². The summed E-state index contributed by atoms with van der Waals surface area (Å²) >= 11 is 0. The van der Waals surface area contributed by atoms with Gasteiger partial charge in [-0.25, -0.2) is 0 Å². The maximum Gasteiger partial charge on any atom is 0.0994 e. The molecule has 1 unspecified atom stereocenters. The lowest BCUT2D eigenvalue weighted by Gasteiger charge is -2.16. The van der Waals surface area contributed by atoms with Gasteiger partial charge in [0, 0.05) is 12.8 Å². The fourth-order valence-corrected chi connectivity index (χ4v) is 1.53. The van der Waals surface area contributed by atoms with Gasteiger partial charge in [-0.15, -0.1) is 0 Å². The highest BCUT2D eigenvalue weighted by molar-refractivity contribution is 5.06. The van der Waals surface area contributed by atoms with Crippen LogP contribution in [0.5, 0.6) is 0 Å². The van der Waals surface area contributed by atoms with Crippen LogP contribution in [0, 0.1) is 0 Å². The minimum Gasteiger partial charge on any atom is -0.372 e. The summed E-state index contributed by atoms with van der Waals surface area (Å²) in [5.74, 6) is 0. The molecule has 2 nitrogen and oxygen atoms in total. The standard InChI is InChI=1S/C13H21NO/c1-3-5-9-13(15-11-4-2)12-8-6-7-10-14-12/h6-8,10,13H,3-5,9,11H2,1-2H3. The van der Waals surface area contributed by atoms with Crippen LogP contribution in [0.3, 0.4) is 0 Å². The third-order valence-corrected chi connectivity index (χ3v) is 2.36. The predicted octanol–water partition coefficient (Wildman–Crippen LogP) is 3.74. The van der Waals surface area contributed by atoms with Gasteiger partial charge in [0.25, 0.3) is 0 Å². The molecule has 1 heterocycles. The van der Waals surface area contributed by atoms with Crippen LogP contribution in [0.1, 0.15) is 51.3 Å². The predicted molar refractivity (Wildman–Crippen MR) is 62.7 cm³/mol. The summed E-state index contributed by atoms with van der Waals surface area (Å²) in [6.07, 6.45) is 6.57. The molecule has 2 heteroatoms. The molecule has 0 aromatic carbocycles. The zero-order valence-electron chi connectivity index (χ0n) is 9.78. The number of ether oxygens (including phenoxy) is 1. The number of hydrogen-bond acceptors (Lipinski definition) is 2. The van der Waals surface area contributed by atoms with Crippen LogP contribution in [-0.4, -0.2) is 11.6 Å². The molecule has 15 heavy (non-hydrogen) atoms. The van der Waals surface area contributed by atoms with E-state index < -0.39 is 0 Å². The first-order chi connectivity index (χ1) is 7.38. The van der Waals surface area contributed by atoms with Gasteiger partial charge in [0.2, 0.25) is 0 Å². The van der Waals surface area contributed by atoms with Crippen molar-refractivity contribution < 1.29 is 4.74 Å². The van der Waals surface area contributed by atoms with Crippen LogP contribution in [-0.2, 0) is 4.74 Å². The molecule has 0 saturated heterocycles. The first-order valence-corrected chi connectivity index (χ1v) is 5.91. The Morgan fingerprint density at radius 3 is 2.73 bits per heavy atom. The van der Waals surface area contributed by atoms with Gasteiger partial charge >= 0.3 is 0 Å². The van der Waals surface area contributed by atoms with E-state index in [4.69, 9.17) is 4.74 Å². The average Bonchev–Trinajstić information content (AvgIpc) is 2.30. The number of unbranched alkanes of at least 4 members (excludes halogenated alkanes) is 1. The molecule has 1 rings (SSSR count). The van der Waals surface area contributed by atoms with Crippen molar-refractivity contribution >= 4 is 0 Å². The summed E-state index contributed by atoms with van der Waals surface area (Å²) in [7, 11) is 0. The van der Waals surface area contributed by atoms with E-state index in [0.717, 1.165) is 25.1 Å². The molecule has 0 aliphatic heterocycles. The third kappa shape index (κ3) is 4.43. The number of rotatable bonds is 7. The molecule has 0 bridgehead atoms. The summed E-state index contributed by atoms with van der Waals surface area (Å²) < 4.78 is 5.82. The van der Waals surface area contributed by atoms with Crippen LogP contribution in [0.15, 0.2) is 24.4 Å². The lowest BCUT2D eigenvalue weighted by Crippen LogP contribution is -2.07. The molecular formula is C13H21NO. The second-order valence-corrected chi connectivity index (χ2v) is 3.76. The lowest BCUT2D eigenvalue weighted by atomic mass is 10.1. The van der Waals surface area contributed by atoms with Gasteiger partial charge in [0.05, 0.1) is 11.8 Å². The minimum absolute atomic E-state index is 0.186. The normalized spacial score (nSPS) is 12.7. The molecule has 0 fully saturated rings. The molecule has 1 aromatic rings. The van der Waals surface area contributed by atoms with Gasteiger partial charge in [-0.2, -0.15) is 0 Å². The zero-order chi connectivity index (χ0) is 10.9. The Labute approximate surface area is 92.7 Å². The summed E-state index contributed by atoms with van der Waals surface area (Å²) in [6, 6.07) is 6.02. The second-order valence-electron chi connectivity index (χ2n) is 3.76. The van der Waals surface area contributed by atoms with Crippen molar-refractivity contribution in [3.63, 3.8) is 0 Å². The summed E-state index contributed by atoms with van der Waals surface area (Å²) in [5, 5.41) is 0. The second kappa shape index (κ2) is 7.41. The van der Waals surface area contributed by atoms with Gasteiger partial charge in [-0.05, 0) is 25.0 Å². The largest absolute Gasteiger partial charge is 0.372 e. The van der Waals surface area contributed by atoms with Crippen LogP contribution >= 0.6 is 0 Å². The Kier molecular flexibility index (Phi) is 6.02. The van der Waals surface area contributed by atoms with E-state index in [-0.39, 0.29) is 6.10 Å². The first kappa shape index (κ1) is 12.2. The van der Waals surface area contributed by atoms with Crippen molar-refractivity contribution in [2.24, 2.45) is 0 Å². The van der Waals surface area contributed by atoms with Crippen molar-refractivity contribution in [3.8, 4) is 0 Å². The fraction of sp³-hybridized carbons (Fsp3) is 0.615. The molecule has 0 N–H and O–H groups in total. The molecule has 0 radical (unpaired) electrons. The van der Waals surface area contributed by atoms with E-state index in [2.05, 4.69) is 24.9 Å². The van der Waals surface area contributed by atoms with Gasteiger partial charge in [-0.1, -0.05) is 32.8 Å². The highest BCUT2D eigenvalue weighted by Gasteiger charge is 2.11. The Morgan fingerprint density at radius 2 is 2.13 bits per heavy atom. The molecule has 0 saturated carbocycles. The fourth-order valence-electron chi connectivity index (χ4n) is 1.53. The Bertz CT molecular complexity index is 240. The van der Waals surface area contributed by atoms with E-state index in [0.29, 0.717) is 0 Å². The highest BCUT2D eigenvalue weighted by atomic mass is 16.5. The number of nitrogens with zero attached hydrogens (tertiary/aromatic N) is 1. The number of hydrogen-bond donors (Lipinski definition) is 0. The van der Waals surface area contributed by atoms with Crippen LogP contribution < -0.4 is 0 Å². The highest BCUT2D eigenvalue weighted by Crippen LogP contribution is 2.21. The van der Waals surface area contributed by atoms with Gasteiger partial charge < -0.3 is 4.74 Å². The molecule has 84 valence electrons. The van der Waals surface area contributed by atoms with E-state index in [9.17, 15) is 0 Å². The molecule has 0 spiro atoms. The quantitative estimate of drug-likeness (QED) is 0.679.